The van der Waals surface area contributed by atoms with Gasteiger partial charge in [0.15, 0.2) is 0 Å². The number of thioether (sulfide) groups is 2. The van der Waals surface area contributed by atoms with Gasteiger partial charge in [0.05, 0.1) is 0 Å². The average molecular weight is 540 g/mol. The van der Waals surface area contributed by atoms with Gasteiger partial charge in [0.2, 0.25) is 0 Å². The van der Waals surface area contributed by atoms with Crippen LogP contribution in [0.15, 0.2) is 24.5 Å². The molecule has 4 heterocycles. The van der Waals surface area contributed by atoms with Crippen LogP contribution in [-0.2, 0) is 9.47 Å². The second-order valence-electron chi connectivity index (χ2n) is 3.53. The molecule has 4 aliphatic heterocycles. The first-order valence-electron chi connectivity index (χ1n) is 5.35. The van der Waals surface area contributed by atoms with Gasteiger partial charge in [-0.1, -0.05) is 0 Å². The van der Waals surface area contributed by atoms with Gasteiger partial charge in [0, 0.05) is 0 Å². The predicted octanol–water partition coefficient (Wildman–Crippen LogP) is 1.57. The third-order valence-corrected chi connectivity index (χ3v) is 23.0. The van der Waals surface area contributed by atoms with Crippen LogP contribution in [-0.4, -0.2) is 73.0 Å². The molecular weight excluding hydrogens is 532 g/mol. The Morgan fingerprint density at radius 3 is 1.89 bits per heavy atom. The summed E-state index contributed by atoms with van der Waals surface area (Å²) in [7, 11) is 0. The Bertz CT molecular complexity index is 416. The molecule has 0 saturated heterocycles. The van der Waals surface area contributed by atoms with Gasteiger partial charge in [0.1, 0.15) is 0 Å². The Hall–Kier alpha value is 1.60. The van der Waals surface area contributed by atoms with E-state index in [9.17, 15) is 0 Å². The fourth-order valence-corrected chi connectivity index (χ4v) is 25.0. The van der Waals surface area contributed by atoms with E-state index in [0.29, 0.717) is 43.1 Å². The van der Waals surface area contributed by atoms with E-state index in [1.165, 1.54) is 14.9 Å². The maximum atomic E-state index is 5.68. The molecule has 0 aromatic carbocycles. The van der Waals surface area contributed by atoms with Crippen LogP contribution in [0.3, 0.4) is 0 Å². The van der Waals surface area contributed by atoms with E-state index in [2.05, 4.69) is 0 Å². The molecule has 0 saturated carbocycles. The van der Waals surface area contributed by atoms with E-state index in [-0.39, 0.29) is 0 Å². The van der Waals surface area contributed by atoms with Gasteiger partial charge in [-0.05, 0) is 0 Å². The summed E-state index contributed by atoms with van der Waals surface area (Å²) in [5.74, 6) is 0. The van der Waals surface area contributed by atoms with Gasteiger partial charge < -0.3 is 0 Å². The number of hydrogen-bond acceptors (Lipinski definition) is 4. The third-order valence-electron chi connectivity index (χ3n) is 2.34. The molecule has 0 bridgehead atoms. The summed E-state index contributed by atoms with van der Waals surface area (Å²) in [5.41, 5.74) is 0. The van der Waals surface area contributed by atoms with Crippen molar-refractivity contribution in [2.75, 3.05) is 13.2 Å². The van der Waals surface area contributed by atoms with Crippen LogP contribution < -0.4 is 0 Å². The molecule has 0 unspecified atom stereocenters. The van der Waals surface area contributed by atoms with Gasteiger partial charge in [-0.3, -0.25) is 0 Å². The summed E-state index contributed by atoms with van der Waals surface area (Å²) >= 11 is 6.71. The zero-order chi connectivity index (χ0) is 11.9. The molecule has 18 heavy (non-hydrogen) atoms. The first-order chi connectivity index (χ1) is 8.90. The molecular formula is C10H8O2S2Se4. The quantitative estimate of drug-likeness (QED) is 0.435. The SMILES string of the molecule is C1COC2=C(O1)SC(=C1[Se]C3=C([Se]CC[Se]3)[Se]1)S2. The maximum absolute atomic E-state index is 5.68. The average Bonchev–Trinajstić information content (AvgIpc) is 3.02. The standard InChI is InChI=1S/C10H8O2S2Se4/c1-2-12-6-5(11-1)13-7(14-6)8-17-9-10(18-8)16-4-3-15-9/h1-4H2. The molecule has 0 atom stereocenters. The van der Waals surface area contributed by atoms with Crippen molar-refractivity contribution < 1.29 is 9.47 Å². The fourth-order valence-electron chi connectivity index (χ4n) is 1.60. The molecule has 0 fully saturated rings. The van der Waals surface area contributed by atoms with Crippen LogP contribution >= 0.6 is 23.5 Å². The predicted molar refractivity (Wildman–Crippen MR) is 80.8 cm³/mol. The zero-order valence-corrected chi connectivity index (χ0v) is 17.6. The van der Waals surface area contributed by atoms with Crippen LogP contribution in [0.25, 0.3) is 0 Å². The molecule has 0 aliphatic carbocycles. The Labute approximate surface area is 140 Å². The number of ether oxygens (including phenoxy) is 2. The minimum absolute atomic E-state index is 0.682. The minimum atomic E-state index is 0.682. The van der Waals surface area contributed by atoms with Crippen molar-refractivity contribution in [1.82, 2.24) is 0 Å². The first kappa shape index (κ1) is 13.3. The van der Waals surface area contributed by atoms with E-state index in [1.807, 2.05) is 30.3 Å². The van der Waals surface area contributed by atoms with Gasteiger partial charge in [-0.2, -0.15) is 0 Å². The van der Waals surface area contributed by atoms with Crippen molar-refractivity contribution in [3.63, 3.8) is 0 Å². The van der Waals surface area contributed by atoms with Gasteiger partial charge >= 0.3 is 141 Å². The molecule has 4 aliphatic rings. The monoisotopic (exact) mass is 544 g/mol. The van der Waals surface area contributed by atoms with E-state index >= 15 is 0 Å². The van der Waals surface area contributed by atoms with Crippen LogP contribution in [0.5, 0.6) is 0 Å². The molecule has 0 radical (unpaired) electrons. The fraction of sp³-hybridized carbons (Fsp3) is 0.400. The topological polar surface area (TPSA) is 18.5 Å². The van der Waals surface area contributed by atoms with Crippen LogP contribution in [0.4, 0.5) is 0 Å². The summed E-state index contributed by atoms with van der Waals surface area (Å²) in [4.78, 5) is 0. The molecule has 2 nitrogen and oxygen atoms in total. The van der Waals surface area contributed by atoms with E-state index < -0.39 is 0 Å². The number of rotatable bonds is 0. The van der Waals surface area contributed by atoms with Gasteiger partial charge in [0.25, 0.3) is 0 Å². The summed E-state index contributed by atoms with van der Waals surface area (Å²) < 4.78 is 18.5. The van der Waals surface area contributed by atoms with Crippen LogP contribution in [0.2, 0.25) is 10.6 Å². The summed E-state index contributed by atoms with van der Waals surface area (Å²) in [6, 6.07) is 0. The van der Waals surface area contributed by atoms with Crippen molar-refractivity contribution in [1.29, 1.82) is 0 Å². The second-order valence-corrected chi connectivity index (χ2v) is 18.6. The third kappa shape index (κ3) is 2.55. The Morgan fingerprint density at radius 1 is 0.778 bits per heavy atom. The zero-order valence-electron chi connectivity index (χ0n) is 9.09. The van der Waals surface area contributed by atoms with Crippen molar-refractivity contribution in [2.24, 2.45) is 0 Å². The van der Waals surface area contributed by atoms with Gasteiger partial charge in [-0.25, -0.2) is 0 Å². The summed E-state index contributed by atoms with van der Waals surface area (Å²) in [5, 5.41) is 5.07. The van der Waals surface area contributed by atoms with Crippen LogP contribution in [0.1, 0.15) is 0 Å². The van der Waals surface area contributed by atoms with Crippen molar-refractivity contribution >= 4 is 83.4 Å². The molecule has 0 amide bonds. The molecule has 8 heteroatoms. The van der Waals surface area contributed by atoms with E-state index in [1.54, 1.807) is 3.37 Å². The van der Waals surface area contributed by atoms with E-state index in [4.69, 9.17) is 9.47 Å². The molecule has 0 N–H and O–H groups in total. The molecule has 0 aromatic heterocycles. The number of hydrogen-bond donors (Lipinski definition) is 0. The Kier molecular flexibility index (Phi) is 4.25. The van der Waals surface area contributed by atoms with Crippen molar-refractivity contribution in [3.05, 3.63) is 24.5 Å². The summed E-state index contributed by atoms with van der Waals surface area (Å²) in [6.07, 6.45) is 0. The van der Waals surface area contributed by atoms with Crippen molar-refractivity contribution in [2.45, 2.75) is 10.6 Å². The van der Waals surface area contributed by atoms with Crippen molar-refractivity contribution in [3.8, 4) is 0 Å². The Morgan fingerprint density at radius 2 is 1.33 bits per heavy atom. The Balaban J connectivity index is 1.54. The normalized spacial score (nSPS) is 27.1. The first-order valence-corrected chi connectivity index (χ1v) is 14.5. The molecule has 96 valence electrons. The second kappa shape index (κ2) is 5.77. The van der Waals surface area contributed by atoms with Crippen LogP contribution in [0, 0.1) is 0 Å². The molecule has 0 aromatic rings. The molecule has 4 rings (SSSR count). The van der Waals surface area contributed by atoms with E-state index in [0.717, 1.165) is 40.1 Å². The van der Waals surface area contributed by atoms with Gasteiger partial charge in [-0.15, -0.1) is 0 Å². The summed E-state index contributed by atoms with van der Waals surface area (Å²) in [6.45, 7) is 1.43. The molecule has 0 spiro atoms.